The second-order valence-electron chi connectivity index (χ2n) is 10.2. The number of anilines is 1. The summed E-state index contributed by atoms with van der Waals surface area (Å²) in [6, 6.07) is 6.58. The number of hydrogen-bond acceptors (Lipinski definition) is 6. The molecule has 2 N–H and O–H groups in total. The van der Waals surface area contributed by atoms with Crippen LogP contribution in [0.2, 0.25) is 0 Å². The van der Waals surface area contributed by atoms with E-state index >= 15 is 0 Å². The molecule has 0 unspecified atom stereocenters. The third-order valence-corrected chi connectivity index (χ3v) is 7.69. The van der Waals surface area contributed by atoms with Crippen LogP contribution in [0.4, 0.5) is 5.82 Å². The van der Waals surface area contributed by atoms with E-state index in [1.807, 2.05) is 25.4 Å². The number of fused-ring (bicyclic) bond motifs is 2. The summed E-state index contributed by atoms with van der Waals surface area (Å²) in [7, 11) is 1.86. The molecule has 9 nitrogen and oxygen atoms in total. The van der Waals surface area contributed by atoms with Crippen molar-refractivity contribution in [2.24, 2.45) is 5.92 Å². The number of pyridine rings is 1. The van der Waals surface area contributed by atoms with Gasteiger partial charge in [0.2, 0.25) is 0 Å². The zero-order chi connectivity index (χ0) is 24.6. The number of hydrogen-bond donors (Lipinski definition) is 2. The Balaban J connectivity index is 1.42. The maximum atomic E-state index is 13.3. The first-order valence-electron chi connectivity index (χ1n) is 13.0. The number of rotatable bonds is 5. The van der Waals surface area contributed by atoms with Gasteiger partial charge in [-0.15, -0.1) is 0 Å². The van der Waals surface area contributed by atoms with Gasteiger partial charge in [0.1, 0.15) is 17.0 Å². The lowest BCUT2D eigenvalue weighted by atomic mass is 9.87. The quantitative estimate of drug-likeness (QED) is 0.432. The van der Waals surface area contributed by atoms with Crippen LogP contribution in [0.5, 0.6) is 0 Å². The van der Waals surface area contributed by atoms with Crippen molar-refractivity contribution in [2.45, 2.75) is 57.5 Å². The van der Waals surface area contributed by atoms with Crippen molar-refractivity contribution in [3.8, 4) is 11.3 Å². The van der Waals surface area contributed by atoms with Gasteiger partial charge in [-0.3, -0.25) is 4.79 Å². The molecule has 36 heavy (non-hydrogen) atoms. The number of nitrogens with zero attached hydrogens (tertiary/aromatic N) is 5. The van der Waals surface area contributed by atoms with Crippen LogP contribution in [0, 0.1) is 5.92 Å². The van der Waals surface area contributed by atoms with Gasteiger partial charge in [0.05, 0.1) is 11.9 Å². The van der Waals surface area contributed by atoms with Crippen molar-refractivity contribution in [2.75, 3.05) is 25.6 Å². The van der Waals surface area contributed by atoms with E-state index in [0.29, 0.717) is 23.2 Å². The maximum Gasteiger partial charge on any atom is 0.256 e. The molecule has 1 saturated heterocycles. The topological polar surface area (TPSA) is 98.4 Å². The lowest BCUT2D eigenvalue weighted by Crippen LogP contribution is -2.38. The molecule has 1 aliphatic heterocycles. The summed E-state index contributed by atoms with van der Waals surface area (Å²) in [6.45, 7) is 3.77. The minimum Gasteiger partial charge on any atom is -0.381 e. The van der Waals surface area contributed by atoms with E-state index in [1.54, 1.807) is 10.7 Å². The Morgan fingerprint density at radius 3 is 2.83 bits per heavy atom. The highest BCUT2D eigenvalue weighted by Gasteiger charge is 2.25. The molecule has 0 radical (unpaired) electrons. The second kappa shape index (κ2) is 9.54. The Kier molecular flexibility index (Phi) is 6.08. The molecule has 6 rings (SSSR count). The van der Waals surface area contributed by atoms with Gasteiger partial charge < -0.3 is 19.9 Å². The Hall–Kier alpha value is -3.46. The first-order valence-corrected chi connectivity index (χ1v) is 13.0. The highest BCUT2D eigenvalue weighted by Crippen LogP contribution is 2.35. The Bertz CT molecular complexity index is 1400. The van der Waals surface area contributed by atoms with Crippen molar-refractivity contribution in [3.63, 3.8) is 0 Å². The number of ether oxygens (including phenoxy) is 1. The fourth-order valence-electron chi connectivity index (χ4n) is 5.80. The third kappa shape index (κ3) is 4.11. The van der Waals surface area contributed by atoms with Crippen LogP contribution in [-0.2, 0) is 4.74 Å². The summed E-state index contributed by atoms with van der Waals surface area (Å²) in [4.78, 5) is 23.0. The summed E-state index contributed by atoms with van der Waals surface area (Å²) in [5, 5.41) is 12.0. The standard InChI is InChI=1S/C27H33N7O2/c1-17-5-3-6-18(13-17)31-27(35)21-15-30-34-24(28-2)14-23(32-26(21)34)22-16-33(19-8-11-36-12-9-19)25-20(22)7-4-10-29-25/h4,7,10,14-19,28H,3,5-6,8-9,11-13H2,1-2H3,(H,31,35)/t17-,18-/m1/s1. The van der Waals surface area contributed by atoms with Gasteiger partial charge in [0.15, 0.2) is 5.65 Å². The smallest absolute Gasteiger partial charge is 0.256 e. The second-order valence-corrected chi connectivity index (χ2v) is 10.2. The molecule has 2 fully saturated rings. The average Bonchev–Trinajstić information content (AvgIpc) is 3.51. The predicted octanol–water partition coefficient (Wildman–Crippen LogP) is 4.45. The Morgan fingerprint density at radius 2 is 2.03 bits per heavy atom. The van der Waals surface area contributed by atoms with E-state index in [9.17, 15) is 4.79 Å². The van der Waals surface area contributed by atoms with Crippen molar-refractivity contribution in [3.05, 3.63) is 42.4 Å². The van der Waals surface area contributed by atoms with Crippen molar-refractivity contribution >= 4 is 28.4 Å². The van der Waals surface area contributed by atoms with Gasteiger partial charge in [-0.1, -0.05) is 19.8 Å². The molecule has 1 aliphatic carbocycles. The minimum absolute atomic E-state index is 0.109. The van der Waals surface area contributed by atoms with E-state index in [4.69, 9.17) is 14.7 Å². The number of amides is 1. The van der Waals surface area contributed by atoms with Crippen LogP contribution in [-0.4, -0.2) is 56.4 Å². The highest BCUT2D eigenvalue weighted by atomic mass is 16.5. The van der Waals surface area contributed by atoms with Gasteiger partial charge in [0.25, 0.3) is 5.91 Å². The lowest BCUT2D eigenvalue weighted by Gasteiger charge is -2.27. The van der Waals surface area contributed by atoms with E-state index < -0.39 is 0 Å². The minimum atomic E-state index is -0.109. The number of carbonyl (C=O) groups excluding carboxylic acids is 1. The Labute approximate surface area is 210 Å². The maximum absolute atomic E-state index is 13.3. The summed E-state index contributed by atoms with van der Waals surface area (Å²) < 4.78 is 9.56. The van der Waals surface area contributed by atoms with Crippen LogP contribution in [0.25, 0.3) is 27.9 Å². The largest absolute Gasteiger partial charge is 0.381 e. The van der Waals surface area contributed by atoms with Crippen LogP contribution in [0.15, 0.2) is 36.8 Å². The van der Waals surface area contributed by atoms with E-state index in [1.165, 1.54) is 6.42 Å². The molecule has 0 aromatic carbocycles. The molecular weight excluding hydrogens is 454 g/mol. The fourth-order valence-corrected chi connectivity index (χ4v) is 5.80. The van der Waals surface area contributed by atoms with E-state index in [-0.39, 0.29) is 11.9 Å². The van der Waals surface area contributed by atoms with Crippen molar-refractivity contribution in [1.29, 1.82) is 0 Å². The Morgan fingerprint density at radius 1 is 1.17 bits per heavy atom. The molecule has 2 atom stereocenters. The van der Waals surface area contributed by atoms with Gasteiger partial charge in [-0.25, -0.2) is 9.97 Å². The summed E-state index contributed by atoms with van der Waals surface area (Å²) >= 11 is 0. The predicted molar refractivity (Wildman–Crippen MR) is 139 cm³/mol. The molecule has 2 aliphatic rings. The SMILES string of the molecule is CNc1cc(-c2cn(C3CCOCC3)c3ncccc23)nc2c(C(=O)N[C@@H]3CCC[C@@H](C)C3)cnn12. The first-order chi connectivity index (χ1) is 17.6. The van der Waals surface area contributed by atoms with Gasteiger partial charge in [0, 0.05) is 61.8 Å². The van der Waals surface area contributed by atoms with Crippen molar-refractivity contribution < 1.29 is 9.53 Å². The van der Waals surface area contributed by atoms with Gasteiger partial charge in [-0.05, 0) is 43.7 Å². The molecule has 4 aromatic heterocycles. The first kappa shape index (κ1) is 23.0. The highest BCUT2D eigenvalue weighted by molar-refractivity contribution is 6.01. The molecule has 0 bridgehead atoms. The average molecular weight is 488 g/mol. The molecule has 4 aromatic rings. The summed E-state index contributed by atoms with van der Waals surface area (Å²) in [6.07, 6.45) is 12.0. The molecule has 1 amide bonds. The van der Waals surface area contributed by atoms with Crippen LogP contribution >= 0.6 is 0 Å². The number of nitrogens with one attached hydrogen (secondary N) is 2. The molecule has 9 heteroatoms. The molecule has 0 spiro atoms. The number of aromatic nitrogens is 5. The third-order valence-electron chi connectivity index (χ3n) is 7.69. The summed E-state index contributed by atoms with van der Waals surface area (Å²) in [5.74, 6) is 1.30. The number of carbonyl (C=O) groups is 1. The molecular formula is C27H33N7O2. The molecule has 188 valence electrons. The van der Waals surface area contributed by atoms with E-state index in [2.05, 4.69) is 39.5 Å². The monoisotopic (exact) mass is 487 g/mol. The lowest BCUT2D eigenvalue weighted by molar-refractivity contribution is 0.0706. The zero-order valence-corrected chi connectivity index (χ0v) is 20.9. The van der Waals surface area contributed by atoms with Crippen LogP contribution in [0.3, 0.4) is 0 Å². The summed E-state index contributed by atoms with van der Waals surface area (Å²) in [5.41, 5.74) is 3.78. The molecule has 1 saturated carbocycles. The van der Waals surface area contributed by atoms with E-state index in [0.717, 1.165) is 73.4 Å². The van der Waals surface area contributed by atoms with Gasteiger partial charge >= 0.3 is 0 Å². The van der Waals surface area contributed by atoms with Crippen LogP contribution < -0.4 is 10.6 Å². The van der Waals surface area contributed by atoms with Crippen molar-refractivity contribution in [1.82, 2.24) is 29.5 Å². The van der Waals surface area contributed by atoms with Gasteiger partial charge in [-0.2, -0.15) is 9.61 Å². The van der Waals surface area contributed by atoms with Crippen LogP contribution in [0.1, 0.15) is 61.8 Å². The fraction of sp³-hybridized carbons (Fsp3) is 0.481. The zero-order valence-electron chi connectivity index (χ0n) is 20.9. The molecule has 5 heterocycles. The normalized spacial score (nSPS) is 21.2.